The summed E-state index contributed by atoms with van der Waals surface area (Å²) in [5.74, 6) is -0.0135. The molecule has 1 fully saturated rings. The minimum Gasteiger partial charge on any atom is -0.368 e. The highest BCUT2D eigenvalue weighted by Gasteiger charge is 2.37. The largest absolute Gasteiger partial charge is 0.368 e. The maximum absolute atomic E-state index is 12.2. The number of piperidine rings is 1. The summed E-state index contributed by atoms with van der Waals surface area (Å²) in [5.41, 5.74) is 4.42. The Labute approximate surface area is 109 Å². The molecule has 1 rings (SSSR count). The molecule has 5 heteroatoms. The third-order valence-electron chi connectivity index (χ3n) is 3.98. The maximum Gasteiger partial charge on any atom is 0.318 e. The number of hydrogen-bond donors (Lipinski definition) is 2. The van der Waals surface area contributed by atoms with Gasteiger partial charge in [-0.3, -0.25) is 4.79 Å². The predicted molar refractivity (Wildman–Crippen MR) is 70.9 cm³/mol. The van der Waals surface area contributed by atoms with Crippen LogP contribution in [0.3, 0.4) is 0 Å². The van der Waals surface area contributed by atoms with Crippen LogP contribution in [0.2, 0.25) is 0 Å². The summed E-state index contributed by atoms with van der Waals surface area (Å²) in [6.07, 6.45) is 2.17. The molecule has 0 aromatic rings. The van der Waals surface area contributed by atoms with Gasteiger partial charge in [0.15, 0.2) is 0 Å². The summed E-state index contributed by atoms with van der Waals surface area (Å²) in [7, 11) is 0. The summed E-state index contributed by atoms with van der Waals surface area (Å²) >= 11 is 0. The molecule has 3 amide bonds. The van der Waals surface area contributed by atoms with Crippen LogP contribution < -0.4 is 11.1 Å². The molecule has 3 N–H and O–H groups in total. The summed E-state index contributed by atoms with van der Waals surface area (Å²) < 4.78 is 0. The highest BCUT2D eigenvalue weighted by molar-refractivity contribution is 5.89. The Morgan fingerprint density at radius 3 is 2.50 bits per heavy atom. The van der Waals surface area contributed by atoms with Crippen LogP contribution in [0.25, 0.3) is 0 Å². The van der Waals surface area contributed by atoms with Gasteiger partial charge in [-0.25, -0.2) is 4.79 Å². The van der Waals surface area contributed by atoms with E-state index in [9.17, 15) is 9.59 Å². The number of hydrogen-bond acceptors (Lipinski definition) is 2. The van der Waals surface area contributed by atoms with E-state index in [1.165, 1.54) is 0 Å². The van der Waals surface area contributed by atoms with E-state index in [0.29, 0.717) is 5.92 Å². The SMILES string of the molecule is CC1CCCN(C(=O)NC(C)(C(N)=O)C(C)C)C1. The molecule has 0 aromatic heterocycles. The zero-order valence-corrected chi connectivity index (χ0v) is 11.8. The van der Waals surface area contributed by atoms with Gasteiger partial charge in [-0.2, -0.15) is 0 Å². The van der Waals surface area contributed by atoms with Crippen molar-refractivity contribution >= 4 is 11.9 Å². The number of carbonyl (C=O) groups excluding carboxylic acids is 2. The minimum atomic E-state index is -0.988. The first-order valence-corrected chi connectivity index (χ1v) is 6.64. The van der Waals surface area contributed by atoms with Gasteiger partial charge in [0.1, 0.15) is 5.54 Å². The van der Waals surface area contributed by atoms with Gasteiger partial charge in [0, 0.05) is 13.1 Å². The molecule has 1 aliphatic rings. The number of nitrogens with zero attached hydrogens (tertiary/aromatic N) is 1. The number of rotatable bonds is 3. The van der Waals surface area contributed by atoms with Crippen molar-refractivity contribution in [1.29, 1.82) is 0 Å². The van der Waals surface area contributed by atoms with E-state index in [-0.39, 0.29) is 11.9 Å². The molecule has 5 nitrogen and oxygen atoms in total. The predicted octanol–water partition coefficient (Wildman–Crippen LogP) is 1.33. The summed E-state index contributed by atoms with van der Waals surface area (Å²) in [6, 6.07) is -0.184. The van der Waals surface area contributed by atoms with Crippen LogP contribution in [0.1, 0.15) is 40.5 Å². The number of carbonyl (C=O) groups is 2. The standard InChI is InChI=1S/C13H25N3O2/c1-9(2)13(4,11(14)17)15-12(18)16-7-5-6-10(3)8-16/h9-10H,5-8H2,1-4H3,(H2,14,17)(H,15,18). The van der Waals surface area contributed by atoms with Crippen molar-refractivity contribution in [2.75, 3.05) is 13.1 Å². The van der Waals surface area contributed by atoms with Gasteiger partial charge < -0.3 is 16.0 Å². The Bertz CT molecular complexity index is 330. The van der Waals surface area contributed by atoms with Crippen LogP contribution in [0.4, 0.5) is 4.79 Å². The van der Waals surface area contributed by atoms with E-state index in [4.69, 9.17) is 5.73 Å². The second-order valence-electron chi connectivity index (χ2n) is 5.84. The van der Waals surface area contributed by atoms with Gasteiger partial charge in [0.25, 0.3) is 0 Å². The van der Waals surface area contributed by atoms with Crippen LogP contribution in [-0.4, -0.2) is 35.5 Å². The molecule has 1 aliphatic heterocycles. The lowest BCUT2D eigenvalue weighted by Gasteiger charge is -2.37. The number of likely N-dealkylation sites (tertiary alicyclic amines) is 1. The molecule has 0 radical (unpaired) electrons. The molecule has 1 saturated heterocycles. The van der Waals surface area contributed by atoms with E-state index in [0.717, 1.165) is 25.9 Å². The molecule has 0 aromatic carbocycles. The molecule has 1 heterocycles. The van der Waals surface area contributed by atoms with Crippen molar-refractivity contribution in [3.63, 3.8) is 0 Å². The Morgan fingerprint density at radius 2 is 2.06 bits per heavy atom. The molecule has 18 heavy (non-hydrogen) atoms. The Morgan fingerprint density at radius 1 is 1.44 bits per heavy atom. The molecule has 104 valence electrons. The van der Waals surface area contributed by atoms with Crippen molar-refractivity contribution in [2.24, 2.45) is 17.6 Å². The normalized spacial score (nSPS) is 23.6. The van der Waals surface area contributed by atoms with Crippen LogP contribution >= 0.6 is 0 Å². The van der Waals surface area contributed by atoms with Gasteiger partial charge in [-0.15, -0.1) is 0 Å². The fraction of sp³-hybridized carbons (Fsp3) is 0.846. The Hall–Kier alpha value is -1.26. The molecule has 0 spiro atoms. The monoisotopic (exact) mass is 255 g/mol. The Balaban J connectivity index is 2.70. The Kier molecular flexibility index (Phi) is 4.59. The van der Waals surface area contributed by atoms with Crippen molar-refractivity contribution in [2.45, 2.75) is 46.1 Å². The van der Waals surface area contributed by atoms with Crippen molar-refractivity contribution in [3.8, 4) is 0 Å². The van der Waals surface area contributed by atoms with Crippen molar-refractivity contribution in [1.82, 2.24) is 10.2 Å². The van der Waals surface area contributed by atoms with E-state index < -0.39 is 11.4 Å². The first-order valence-electron chi connectivity index (χ1n) is 6.64. The number of primary amides is 1. The molecule has 0 aliphatic carbocycles. The topological polar surface area (TPSA) is 75.4 Å². The highest BCUT2D eigenvalue weighted by Crippen LogP contribution is 2.19. The molecule has 2 unspecified atom stereocenters. The summed E-state index contributed by atoms with van der Waals surface area (Å²) in [5, 5.41) is 2.80. The van der Waals surface area contributed by atoms with E-state index in [2.05, 4.69) is 12.2 Å². The third-order valence-corrected chi connectivity index (χ3v) is 3.98. The fourth-order valence-corrected chi connectivity index (χ4v) is 2.17. The molecule has 2 atom stereocenters. The smallest absolute Gasteiger partial charge is 0.318 e. The fourth-order valence-electron chi connectivity index (χ4n) is 2.17. The average molecular weight is 255 g/mol. The van der Waals surface area contributed by atoms with Gasteiger partial charge in [-0.05, 0) is 31.6 Å². The second-order valence-corrected chi connectivity index (χ2v) is 5.84. The van der Waals surface area contributed by atoms with E-state index in [1.54, 1.807) is 11.8 Å². The molecular weight excluding hydrogens is 230 g/mol. The van der Waals surface area contributed by atoms with Gasteiger partial charge in [-0.1, -0.05) is 20.8 Å². The lowest BCUT2D eigenvalue weighted by atomic mass is 9.88. The lowest BCUT2D eigenvalue weighted by molar-refractivity contribution is -0.125. The summed E-state index contributed by atoms with van der Waals surface area (Å²) in [4.78, 5) is 25.5. The molecule has 0 bridgehead atoms. The van der Waals surface area contributed by atoms with E-state index >= 15 is 0 Å². The number of nitrogens with one attached hydrogen (secondary N) is 1. The first kappa shape index (κ1) is 14.8. The molecule has 0 saturated carbocycles. The first-order chi connectivity index (χ1) is 8.27. The van der Waals surface area contributed by atoms with Crippen molar-refractivity contribution < 1.29 is 9.59 Å². The zero-order chi connectivity index (χ0) is 13.9. The van der Waals surface area contributed by atoms with Gasteiger partial charge in [0.05, 0.1) is 0 Å². The zero-order valence-electron chi connectivity index (χ0n) is 11.8. The van der Waals surface area contributed by atoms with Gasteiger partial charge >= 0.3 is 6.03 Å². The number of nitrogens with two attached hydrogens (primary N) is 1. The summed E-state index contributed by atoms with van der Waals surface area (Å²) in [6.45, 7) is 9.08. The highest BCUT2D eigenvalue weighted by atomic mass is 16.2. The van der Waals surface area contributed by atoms with Crippen LogP contribution in [-0.2, 0) is 4.79 Å². The number of urea groups is 1. The second kappa shape index (κ2) is 5.59. The van der Waals surface area contributed by atoms with E-state index in [1.807, 2.05) is 13.8 Å². The van der Waals surface area contributed by atoms with Gasteiger partial charge in [0.2, 0.25) is 5.91 Å². The minimum absolute atomic E-state index is 0.0406. The quantitative estimate of drug-likeness (QED) is 0.798. The van der Waals surface area contributed by atoms with Crippen molar-refractivity contribution in [3.05, 3.63) is 0 Å². The van der Waals surface area contributed by atoms with Crippen LogP contribution in [0.15, 0.2) is 0 Å². The third kappa shape index (κ3) is 3.15. The van der Waals surface area contributed by atoms with Crippen LogP contribution in [0.5, 0.6) is 0 Å². The molecular formula is C13H25N3O2. The van der Waals surface area contributed by atoms with Crippen LogP contribution in [0, 0.1) is 11.8 Å². The lowest BCUT2D eigenvalue weighted by Crippen LogP contribution is -2.61. The maximum atomic E-state index is 12.2. The number of amides is 3. The average Bonchev–Trinajstić information content (AvgIpc) is 2.28.